The van der Waals surface area contributed by atoms with Crippen LogP contribution in [0.15, 0.2) is 41.3 Å². The van der Waals surface area contributed by atoms with Crippen molar-refractivity contribution in [1.29, 1.82) is 0 Å². The molecule has 1 aliphatic rings. The van der Waals surface area contributed by atoms with Gasteiger partial charge in [0.15, 0.2) is 0 Å². The van der Waals surface area contributed by atoms with Crippen molar-refractivity contribution in [2.75, 3.05) is 20.1 Å². The Kier molecular flexibility index (Phi) is 4.71. The number of nitrogens with zero attached hydrogens (tertiary/aromatic N) is 3. The van der Waals surface area contributed by atoms with Gasteiger partial charge in [0.1, 0.15) is 11.6 Å². The first kappa shape index (κ1) is 15.7. The fourth-order valence-electron chi connectivity index (χ4n) is 2.94. The van der Waals surface area contributed by atoms with Crippen LogP contribution in [0.3, 0.4) is 0 Å². The maximum atomic E-state index is 13.4. The Morgan fingerprint density at radius 1 is 1.43 bits per heavy atom. The molecule has 5 nitrogen and oxygen atoms in total. The lowest BCUT2D eigenvalue weighted by Gasteiger charge is -2.37. The summed E-state index contributed by atoms with van der Waals surface area (Å²) in [4.78, 5) is 20.7. The topological polar surface area (TPSA) is 49.6 Å². The minimum absolute atomic E-state index is 0.118. The number of rotatable bonds is 4. The average Bonchev–Trinajstić information content (AvgIpc) is 3.06. The molecule has 2 aromatic heterocycles. The van der Waals surface area contributed by atoms with E-state index in [-0.39, 0.29) is 17.5 Å². The van der Waals surface area contributed by atoms with Crippen molar-refractivity contribution < 1.29 is 13.6 Å². The summed E-state index contributed by atoms with van der Waals surface area (Å²) in [5.41, 5.74) is 0.274. The van der Waals surface area contributed by atoms with E-state index in [1.807, 2.05) is 6.07 Å². The molecule has 2 aromatic rings. The quantitative estimate of drug-likeness (QED) is 0.869. The Bertz CT molecular complexity index is 652. The van der Waals surface area contributed by atoms with Gasteiger partial charge in [0.2, 0.25) is 0 Å². The molecule has 0 radical (unpaired) electrons. The van der Waals surface area contributed by atoms with Crippen molar-refractivity contribution in [3.05, 3.63) is 54.0 Å². The molecule has 1 amide bonds. The summed E-state index contributed by atoms with van der Waals surface area (Å²) in [6.45, 7) is 2.26. The zero-order valence-electron chi connectivity index (χ0n) is 13.1. The van der Waals surface area contributed by atoms with Crippen LogP contribution in [-0.4, -0.2) is 46.9 Å². The molecule has 0 saturated carbocycles. The second-order valence-corrected chi connectivity index (χ2v) is 5.94. The minimum atomic E-state index is -0.503. The second kappa shape index (κ2) is 6.91. The number of halogens is 1. The fraction of sp³-hybridized carbons (Fsp3) is 0.412. The van der Waals surface area contributed by atoms with Crippen molar-refractivity contribution in [3.63, 3.8) is 0 Å². The first-order valence-electron chi connectivity index (χ1n) is 7.76. The molecule has 1 saturated heterocycles. The van der Waals surface area contributed by atoms with E-state index < -0.39 is 5.82 Å². The number of hydrogen-bond donors (Lipinski definition) is 0. The van der Waals surface area contributed by atoms with Gasteiger partial charge in [-0.25, -0.2) is 4.39 Å². The third kappa shape index (κ3) is 3.76. The van der Waals surface area contributed by atoms with Crippen molar-refractivity contribution >= 4 is 5.91 Å². The first-order valence-corrected chi connectivity index (χ1v) is 7.76. The van der Waals surface area contributed by atoms with E-state index in [0.717, 1.165) is 37.9 Å². The molecule has 0 bridgehead atoms. The highest BCUT2D eigenvalue weighted by molar-refractivity contribution is 5.94. The van der Waals surface area contributed by atoms with Gasteiger partial charge in [-0.3, -0.25) is 9.78 Å². The summed E-state index contributed by atoms with van der Waals surface area (Å²) in [6, 6.07) is 5.00. The van der Waals surface area contributed by atoms with Crippen LogP contribution in [-0.2, 0) is 6.54 Å². The van der Waals surface area contributed by atoms with Crippen LogP contribution in [0.25, 0.3) is 0 Å². The van der Waals surface area contributed by atoms with Gasteiger partial charge in [-0.1, -0.05) is 0 Å². The summed E-state index contributed by atoms with van der Waals surface area (Å²) in [5.74, 6) is 0.0155. The highest BCUT2D eigenvalue weighted by atomic mass is 19.1. The molecular formula is C17H20FN3O2. The van der Waals surface area contributed by atoms with Crippen LogP contribution in [0.5, 0.6) is 0 Å². The predicted molar refractivity (Wildman–Crippen MR) is 83.3 cm³/mol. The Balaban J connectivity index is 1.83. The molecule has 1 fully saturated rings. The monoisotopic (exact) mass is 317 g/mol. The number of hydrogen-bond acceptors (Lipinski definition) is 4. The molecule has 0 aliphatic carbocycles. The number of aromatic nitrogens is 1. The molecule has 3 heterocycles. The number of likely N-dealkylation sites (tertiary alicyclic amines) is 1. The molecule has 0 atom stereocenters. The van der Waals surface area contributed by atoms with Gasteiger partial charge in [0.25, 0.3) is 5.91 Å². The lowest BCUT2D eigenvalue weighted by molar-refractivity contribution is 0.0549. The maximum Gasteiger partial charge on any atom is 0.256 e. The van der Waals surface area contributed by atoms with Crippen LogP contribution in [0.1, 0.15) is 29.0 Å². The molecule has 3 rings (SSSR count). The molecular weight excluding hydrogens is 297 g/mol. The molecule has 122 valence electrons. The number of carbonyl (C=O) groups excluding carboxylic acids is 1. The van der Waals surface area contributed by atoms with Crippen LogP contribution >= 0.6 is 0 Å². The average molecular weight is 317 g/mol. The third-order valence-corrected chi connectivity index (χ3v) is 4.25. The molecule has 0 spiro atoms. The molecule has 0 unspecified atom stereocenters. The smallest absolute Gasteiger partial charge is 0.256 e. The lowest BCUT2D eigenvalue weighted by atomic mass is 10.0. The molecule has 0 N–H and O–H groups in total. The van der Waals surface area contributed by atoms with Crippen LogP contribution in [0.2, 0.25) is 0 Å². The third-order valence-electron chi connectivity index (χ3n) is 4.25. The van der Waals surface area contributed by atoms with E-state index >= 15 is 0 Å². The minimum Gasteiger partial charge on any atom is -0.467 e. The summed E-state index contributed by atoms with van der Waals surface area (Å²) >= 11 is 0. The first-order chi connectivity index (χ1) is 11.1. The molecule has 0 aromatic carbocycles. The second-order valence-electron chi connectivity index (χ2n) is 5.94. The summed E-state index contributed by atoms with van der Waals surface area (Å²) in [6.07, 6.45) is 5.90. The predicted octanol–water partition coefficient (Wildman–Crippen LogP) is 2.55. The van der Waals surface area contributed by atoms with Gasteiger partial charge in [0, 0.05) is 12.2 Å². The highest BCUT2D eigenvalue weighted by Crippen LogP contribution is 2.21. The number of carbonyl (C=O) groups is 1. The van der Waals surface area contributed by atoms with E-state index in [9.17, 15) is 9.18 Å². The van der Waals surface area contributed by atoms with Crippen molar-refractivity contribution in [3.8, 4) is 0 Å². The largest absolute Gasteiger partial charge is 0.467 e. The summed E-state index contributed by atoms with van der Waals surface area (Å²) in [7, 11) is 2.07. The van der Waals surface area contributed by atoms with Crippen LogP contribution < -0.4 is 0 Å². The van der Waals surface area contributed by atoms with Gasteiger partial charge >= 0.3 is 0 Å². The van der Waals surface area contributed by atoms with Crippen LogP contribution in [0.4, 0.5) is 4.39 Å². The van der Waals surface area contributed by atoms with E-state index in [4.69, 9.17) is 4.42 Å². The van der Waals surface area contributed by atoms with Gasteiger partial charge < -0.3 is 14.2 Å². The van der Waals surface area contributed by atoms with Crippen molar-refractivity contribution in [2.24, 2.45) is 0 Å². The normalized spacial score (nSPS) is 16.4. The van der Waals surface area contributed by atoms with Gasteiger partial charge in [-0.05, 0) is 51.2 Å². The molecule has 1 aliphatic heterocycles. The van der Waals surface area contributed by atoms with E-state index in [1.54, 1.807) is 17.2 Å². The van der Waals surface area contributed by atoms with Gasteiger partial charge in [-0.2, -0.15) is 0 Å². The number of piperidine rings is 1. The summed E-state index contributed by atoms with van der Waals surface area (Å²) < 4.78 is 18.8. The fourth-order valence-corrected chi connectivity index (χ4v) is 2.94. The number of pyridine rings is 1. The number of furan rings is 1. The Morgan fingerprint density at radius 2 is 2.22 bits per heavy atom. The Morgan fingerprint density at radius 3 is 2.87 bits per heavy atom. The van der Waals surface area contributed by atoms with E-state index in [0.29, 0.717) is 6.54 Å². The lowest BCUT2D eigenvalue weighted by Crippen LogP contribution is -2.46. The van der Waals surface area contributed by atoms with E-state index in [2.05, 4.69) is 16.9 Å². The van der Waals surface area contributed by atoms with Gasteiger partial charge in [0.05, 0.1) is 24.6 Å². The maximum absolute atomic E-state index is 13.4. The molecule has 6 heteroatoms. The Hall–Kier alpha value is -2.21. The van der Waals surface area contributed by atoms with Crippen molar-refractivity contribution in [2.45, 2.75) is 25.4 Å². The zero-order valence-corrected chi connectivity index (χ0v) is 13.1. The zero-order chi connectivity index (χ0) is 16.2. The molecule has 23 heavy (non-hydrogen) atoms. The standard InChI is InChI=1S/C17H20FN3O2/c1-20-6-4-15(5-7-20)21(12-16-3-2-8-23-16)17(22)13-9-14(18)11-19-10-13/h2-3,8-11,15H,4-7,12H2,1H3. The van der Waals surface area contributed by atoms with E-state index in [1.165, 1.54) is 12.3 Å². The summed E-state index contributed by atoms with van der Waals surface area (Å²) in [5, 5.41) is 0. The van der Waals surface area contributed by atoms with Gasteiger partial charge in [-0.15, -0.1) is 0 Å². The van der Waals surface area contributed by atoms with Crippen molar-refractivity contribution in [1.82, 2.24) is 14.8 Å². The Labute approximate surface area is 134 Å². The SMILES string of the molecule is CN1CCC(N(Cc2ccco2)C(=O)c2cncc(F)c2)CC1. The number of amides is 1. The van der Waals surface area contributed by atoms with Crippen LogP contribution in [0, 0.1) is 5.82 Å². The highest BCUT2D eigenvalue weighted by Gasteiger charge is 2.28.